The first-order valence-electron chi connectivity index (χ1n) is 7.79. The molecular formula is C18H19N5O. The lowest BCUT2D eigenvalue weighted by Gasteiger charge is -2.16. The van der Waals surface area contributed by atoms with Crippen LogP contribution in [-0.4, -0.2) is 33.5 Å². The van der Waals surface area contributed by atoms with Crippen molar-refractivity contribution < 1.29 is 4.79 Å². The number of amides is 1. The lowest BCUT2D eigenvalue weighted by Crippen LogP contribution is -2.34. The standard InChI is InChI=1S/C18H19N5O/c1-14(21-16-5-3-2-4-6-16)13-19-18(24)15-7-9-17(10-8-15)23-12-11-20-22-23/h2-12,14,21H,13H2,1H3,(H,19,24)/t14-/m0/s1. The summed E-state index contributed by atoms with van der Waals surface area (Å²) in [5, 5.41) is 14.0. The molecule has 0 saturated carbocycles. The molecule has 1 heterocycles. The number of carbonyl (C=O) groups is 1. The summed E-state index contributed by atoms with van der Waals surface area (Å²) in [6.45, 7) is 2.57. The van der Waals surface area contributed by atoms with Crippen molar-refractivity contribution in [3.05, 3.63) is 72.6 Å². The van der Waals surface area contributed by atoms with E-state index in [2.05, 4.69) is 20.9 Å². The number of hydrogen-bond acceptors (Lipinski definition) is 4. The Morgan fingerprint density at radius 3 is 2.54 bits per heavy atom. The summed E-state index contributed by atoms with van der Waals surface area (Å²) in [7, 11) is 0. The molecule has 6 nitrogen and oxygen atoms in total. The number of nitrogens with zero attached hydrogens (tertiary/aromatic N) is 3. The van der Waals surface area contributed by atoms with Crippen LogP contribution in [0.5, 0.6) is 0 Å². The van der Waals surface area contributed by atoms with Crippen LogP contribution in [0.1, 0.15) is 17.3 Å². The first-order chi connectivity index (χ1) is 11.7. The highest BCUT2D eigenvalue weighted by molar-refractivity contribution is 5.94. The average molecular weight is 321 g/mol. The van der Waals surface area contributed by atoms with Crippen LogP contribution < -0.4 is 10.6 Å². The maximum absolute atomic E-state index is 12.2. The Bertz CT molecular complexity index is 769. The summed E-state index contributed by atoms with van der Waals surface area (Å²) in [6, 6.07) is 17.3. The molecular weight excluding hydrogens is 302 g/mol. The Morgan fingerprint density at radius 1 is 1.12 bits per heavy atom. The van der Waals surface area contributed by atoms with E-state index in [4.69, 9.17) is 0 Å². The molecule has 1 amide bonds. The number of hydrogen-bond donors (Lipinski definition) is 2. The van der Waals surface area contributed by atoms with Gasteiger partial charge in [0.15, 0.2) is 0 Å². The van der Waals surface area contributed by atoms with Gasteiger partial charge in [0.1, 0.15) is 0 Å². The SMILES string of the molecule is C[C@@H](CNC(=O)c1ccc(-n2ccnn2)cc1)Nc1ccccc1. The molecule has 2 N–H and O–H groups in total. The van der Waals surface area contributed by atoms with Crippen LogP contribution in [0.2, 0.25) is 0 Å². The second kappa shape index (κ2) is 7.41. The van der Waals surface area contributed by atoms with E-state index in [1.54, 1.807) is 29.2 Å². The van der Waals surface area contributed by atoms with Crippen molar-refractivity contribution in [1.82, 2.24) is 20.3 Å². The summed E-state index contributed by atoms with van der Waals surface area (Å²) in [6.07, 6.45) is 3.37. The number of carbonyl (C=O) groups excluding carboxylic acids is 1. The van der Waals surface area contributed by atoms with Gasteiger partial charge in [-0.1, -0.05) is 23.4 Å². The molecule has 3 rings (SSSR count). The Hall–Kier alpha value is -3.15. The van der Waals surface area contributed by atoms with E-state index >= 15 is 0 Å². The highest BCUT2D eigenvalue weighted by atomic mass is 16.1. The minimum absolute atomic E-state index is 0.0955. The third-order valence-corrected chi connectivity index (χ3v) is 3.57. The lowest BCUT2D eigenvalue weighted by molar-refractivity contribution is 0.0952. The molecule has 0 aliphatic carbocycles. The normalized spacial score (nSPS) is 11.7. The molecule has 0 unspecified atom stereocenters. The molecule has 0 spiro atoms. The van der Waals surface area contributed by atoms with Gasteiger partial charge in [0.25, 0.3) is 5.91 Å². The van der Waals surface area contributed by atoms with Gasteiger partial charge in [0.2, 0.25) is 0 Å². The third-order valence-electron chi connectivity index (χ3n) is 3.57. The molecule has 1 atom stereocenters. The van der Waals surface area contributed by atoms with Crippen LogP contribution in [0.4, 0.5) is 5.69 Å². The number of aromatic nitrogens is 3. The van der Waals surface area contributed by atoms with Crippen molar-refractivity contribution in [1.29, 1.82) is 0 Å². The van der Waals surface area contributed by atoms with Crippen LogP contribution in [0.25, 0.3) is 5.69 Å². The van der Waals surface area contributed by atoms with E-state index in [0.29, 0.717) is 12.1 Å². The largest absolute Gasteiger partial charge is 0.381 e. The quantitative estimate of drug-likeness (QED) is 0.732. The molecule has 6 heteroatoms. The topological polar surface area (TPSA) is 71.8 Å². The van der Waals surface area contributed by atoms with Gasteiger partial charge in [-0.2, -0.15) is 0 Å². The fourth-order valence-electron chi connectivity index (χ4n) is 2.33. The molecule has 24 heavy (non-hydrogen) atoms. The van der Waals surface area contributed by atoms with Crippen molar-refractivity contribution in [3.63, 3.8) is 0 Å². The molecule has 0 radical (unpaired) electrons. The van der Waals surface area contributed by atoms with E-state index in [1.807, 2.05) is 49.4 Å². The van der Waals surface area contributed by atoms with Crippen LogP contribution >= 0.6 is 0 Å². The van der Waals surface area contributed by atoms with Gasteiger partial charge in [-0.25, -0.2) is 4.68 Å². The van der Waals surface area contributed by atoms with E-state index < -0.39 is 0 Å². The summed E-state index contributed by atoms with van der Waals surface area (Å²) >= 11 is 0. The van der Waals surface area contributed by atoms with Gasteiger partial charge in [0, 0.05) is 23.8 Å². The van der Waals surface area contributed by atoms with Crippen LogP contribution in [-0.2, 0) is 0 Å². The van der Waals surface area contributed by atoms with Crippen molar-refractivity contribution in [2.75, 3.05) is 11.9 Å². The average Bonchev–Trinajstić information content (AvgIpc) is 3.15. The van der Waals surface area contributed by atoms with E-state index in [0.717, 1.165) is 11.4 Å². The van der Waals surface area contributed by atoms with E-state index in [1.165, 1.54) is 0 Å². The highest BCUT2D eigenvalue weighted by Gasteiger charge is 2.08. The number of rotatable bonds is 6. The maximum Gasteiger partial charge on any atom is 0.251 e. The summed E-state index contributed by atoms with van der Waals surface area (Å²) in [4.78, 5) is 12.2. The smallest absolute Gasteiger partial charge is 0.251 e. The summed E-state index contributed by atoms with van der Waals surface area (Å²) < 4.78 is 1.65. The highest BCUT2D eigenvalue weighted by Crippen LogP contribution is 2.09. The first kappa shape index (κ1) is 15.7. The maximum atomic E-state index is 12.2. The van der Waals surface area contributed by atoms with Crippen molar-refractivity contribution >= 4 is 11.6 Å². The zero-order valence-corrected chi connectivity index (χ0v) is 13.4. The fraction of sp³-hybridized carbons (Fsp3) is 0.167. The molecule has 0 aliphatic heterocycles. The van der Waals surface area contributed by atoms with Gasteiger partial charge in [-0.05, 0) is 43.3 Å². The predicted octanol–water partition coefficient (Wildman–Crippen LogP) is 2.50. The zero-order valence-electron chi connectivity index (χ0n) is 13.4. The molecule has 0 saturated heterocycles. The van der Waals surface area contributed by atoms with E-state index in [-0.39, 0.29) is 11.9 Å². The molecule has 122 valence electrons. The Kier molecular flexibility index (Phi) is 4.86. The number of benzene rings is 2. The summed E-state index contributed by atoms with van der Waals surface area (Å²) in [5.41, 5.74) is 2.52. The predicted molar refractivity (Wildman–Crippen MR) is 93.2 cm³/mol. The first-order valence-corrected chi connectivity index (χ1v) is 7.79. The second-order valence-corrected chi connectivity index (χ2v) is 5.52. The monoisotopic (exact) mass is 321 g/mol. The molecule has 0 aliphatic rings. The minimum Gasteiger partial charge on any atom is -0.381 e. The minimum atomic E-state index is -0.0955. The van der Waals surface area contributed by atoms with E-state index in [9.17, 15) is 4.79 Å². The Labute approximate surface area is 140 Å². The second-order valence-electron chi connectivity index (χ2n) is 5.52. The van der Waals surface area contributed by atoms with Crippen LogP contribution in [0.15, 0.2) is 67.0 Å². The molecule has 0 fully saturated rings. The number of anilines is 1. The lowest BCUT2D eigenvalue weighted by atomic mass is 10.2. The number of para-hydroxylation sites is 1. The molecule has 3 aromatic rings. The fourth-order valence-corrected chi connectivity index (χ4v) is 2.33. The van der Waals surface area contributed by atoms with Gasteiger partial charge in [0.05, 0.1) is 18.1 Å². The molecule has 0 bridgehead atoms. The van der Waals surface area contributed by atoms with Crippen LogP contribution in [0.3, 0.4) is 0 Å². The van der Waals surface area contributed by atoms with Gasteiger partial charge < -0.3 is 10.6 Å². The third kappa shape index (κ3) is 3.98. The van der Waals surface area contributed by atoms with Crippen LogP contribution in [0, 0.1) is 0 Å². The number of nitrogens with one attached hydrogen (secondary N) is 2. The van der Waals surface area contributed by atoms with Crippen molar-refractivity contribution in [2.45, 2.75) is 13.0 Å². The van der Waals surface area contributed by atoms with Gasteiger partial charge in [-0.3, -0.25) is 4.79 Å². The van der Waals surface area contributed by atoms with Crippen molar-refractivity contribution in [3.8, 4) is 5.69 Å². The van der Waals surface area contributed by atoms with Gasteiger partial charge in [-0.15, -0.1) is 5.10 Å². The summed E-state index contributed by atoms with van der Waals surface area (Å²) in [5.74, 6) is -0.0955. The van der Waals surface area contributed by atoms with Gasteiger partial charge >= 0.3 is 0 Å². The Balaban J connectivity index is 1.53. The molecule has 1 aromatic heterocycles. The zero-order chi connectivity index (χ0) is 16.8. The molecule has 2 aromatic carbocycles. The van der Waals surface area contributed by atoms with Crippen molar-refractivity contribution in [2.24, 2.45) is 0 Å². The Morgan fingerprint density at radius 2 is 1.88 bits per heavy atom.